The smallest absolute Gasteiger partial charge is 0.331 e. The van der Waals surface area contributed by atoms with Gasteiger partial charge in [0.25, 0.3) is 5.56 Å². The summed E-state index contributed by atoms with van der Waals surface area (Å²) in [5.74, 6) is 0.195. The van der Waals surface area contributed by atoms with Crippen molar-refractivity contribution in [3.05, 3.63) is 34.5 Å². The summed E-state index contributed by atoms with van der Waals surface area (Å²) >= 11 is 0. The Morgan fingerprint density at radius 3 is 3.17 bits per heavy atom. The SMILES string of the molecule is CCOC(=O)/C=C1/CC[C@@H](C)n2c1nccc2=O. The highest BCUT2D eigenvalue weighted by molar-refractivity contribution is 5.90. The van der Waals surface area contributed by atoms with Gasteiger partial charge >= 0.3 is 5.97 Å². The maximum Gasteiger partial charge on any atom is 0.331 e. The second-order valence-electron chi connectivity index (χ2n) is 4.29. The van der Waals surface area contributed by atoms with Crippen molar-refractivity contribution in [3.8, 4) is 0 Å². The van der Waals surface area contributed by atoms with E-state index in [9.17, 15) is 9.59 Å². The van der Waals surface area contributed by atoms with Gasteiger partial charge in [-0.3, -0.25) is 9.36 Å². The fraction of sp³-hybridized carbons (Fsp3) is 0.462. The quantitative estimate of drug-likeness (QED) is 0.588. The molecule has 1 atom stereocenters. The maximum atomic E-state index is 11.8. The minimum absolute atomic E-state index is 0.0815. The van der Waals surface area contributed by atoms with E-state index in [1.807, 2.05) is 6.92 Å². The number of carbonyl (C=O) groups is 1. The molecule has 1 aromatic rings. The monoisotopic (exact) mass is 248 g/mol. The van der Waals surface area contributed by atoms with Crippen LogP contribution < -0.4 is 5.56 Å². The molecule has 0 aliphatic carbocycles. The molecule has 2 heterocycles. The lowest BCUT2D eigenvalue weighted by Crippen LogP contribution is -2.29. The summed E-state index contributed by atoms with van der Waals surface area (Å²) in [5, 5.41) is 0. The van der Waals surface area contributed by atoms with Crippen molar-refractivity contribution in [1.82, 2.24) is 9.55 Å². The first-order chi connectivity index (χ1) is 8.63. The molecule has 0 saturated carbocycles. The Balaban J connectivity index is 2.44. The minimum Gasteiger partial charge on any atom is -0.463 e. The number of ether oxygens (including phenoxy) is 1. The van der Waals surface area contributed by atoms with Crippen LogP contribution in [-0.2, 0) is 9.53 Å². The summed E-state index contributed by atoms with van der Waals surface area (Å²) < 4.78 is 6.52. The molecule has 0 aromatic carbocycles. The molecule has 0 fully saturated rings. The average molecular weight is 248 g/mol. The average Bonchev–Trinajstić information content (AvgIpc) is 2.33. The van der Waals surface area contributed by atoms with Gasteiger partial charge in [0, 0.05) is 30.0 Å². The first-order valence-electron chi connectivity index (χ1n) is 6.08. The molecule has 96 valence electrons. The zero-order valence-electron chi connectivity index (χ0n) is 10.5. The van der Waals surface area contributed by atoms with Gasteiger partial charge in [-0.1, -0.05) is 0 Å². The number of allylic oxidation sites excluding steroid dienone is 1. The normalized spacial score (nSPS) is 20.6. The minimum atomic E-state index is -0.383. The highest BCUT2D eigenvalue weighted by Crippen LogP contribution is 2.29. The van der Waals surface area contributed by atoms with Crippen LogP contribution in [0.3, 0.4) is 0 Å². The Bertz CT molecular complexity index is 545. The molecule has 0 spiro atoms. The molecule has 0 bridgehead atoms. The van der Waals surface area contributed by atoms with Crippen LogP contribution >= 0.6 is 0 Å². The van der Waals surface area contributed by atoms with Gasteiger partial charge in [-0.2, -0.15) is 0 Å². The predicted octanol–water partition coefficient (Wildman–Crippen LogP) is 1.54. The molecule has 1 aromatic heterocycles. The van der Waals surface area contributed by atoms with Crippen molar-refractivity contribution in [2.75, 3.05) is 6.61 Å². The van der Waals surface area contributed by atoms with Gasteiger partial charge in [-0.05, 0) is 26.7 Å². The Labute approximate surface area is 105 Å². The van der Waals surface area contributed by atoms with E-state index in [2.05, 4.69) is 4.98 Å². The van der Waals surface area contributed by atoms with Gasteiger partial charge in [0.05, 0.1) is 6.61 Å². The summed E-state index contributed by atoms with van der Waals surface area (Å²) in [5.41, 5.74) is 0.686. The zero-order chi connectivity index (χ0) is 13.1. The lowest BCUT2D eigenvalue weighted by atomic mass is 10.00. The van der Waals surface area contributed by atoms with Crippen LogP contribution in [0.25, 0.3) is 5.57 Å². The van der Waals surface area contributed by atoms with E-state index in [-0.39, 0.29) is 17.6 Å². The fourth-order valence-corrected chi connectivity index (χ4v) is 2.15. The van der Waals surface area contributed by atoms with E-state index >= 15 is 0 Å². The Morgan fingerprint density at radius 1 is 1.67 bits per heavy atom. The lowest BCUT2D eigenvalue weighted by Gasteiger charge is -2.25. The van der Waals surface area contributed by atoms with Crippen LogP contribution in [0.4, 0.5) is 0 Å². The molecule has 5 nitrogen and oxygen atoms in total. The molecule has 0 unspecified atom stereocenters. The van der Waals surface area contributed by atoms with Gasteiger partial charge in [-0.25, -0.2) is 9.78 Å². The predicted molar refractivity (Wildman–Crippen MR) is 67.1 cm³/mol. The third-order valence-electron chi connectivity index (χ3n) is 3.02. The van der Waals surface area contributed by atoms with Crippen molar-refractivity contribution in [2.45, 2.75) is 32.7 Å². The molecule has 2 rings (SSSR count). The number of fused-ring (bicyclic) bond motifs is 1. The number of nitrogens with zero attached hydrogens (tertiary/aromatic N) is 2. The second-order valence-corrected chi connectivity index (χ2v) is 4.29. The van der Waals surface area contributed by atoms with Crippen LogP contribution in [0.5, 0.6) is 0 Å². The first-order valence-corrected chi connectivity index (χ1v) is 6.08. The van der Waals surface area contributed by atoms with Crippen molar-refractivity contribution < 1.29 is 9.53 Å². The summed E-state index contributed by atoms with van der Waals surface area (Å²) in [6.45, 7) is 4.08. The second kappa shape index (κ2) is 5.16. The number of esters is 1. The van der Waals surface area contributed by atoms with Crippen molar-refractivity contribution in [2.24, 2.45) is 0 Å². The molecular formula is C13H16N2O3. The van der Waals surface area contributed by atoms with E-state index in [4.69, 9.17) is 4.74 Å². The summed E-state index contributed by atoms with van der Waals surface area (Å²) in [6.07, 6.45) is 4.47. The van der Waals surface area contributed by atoms with Gasteiger partial charge in [0.1, 0.15) is 5.82 Å². The molecule has 0 amide bonds. The Kier molecular flexibility index (Phi) is 3.60. The number of rotatable bonds is 2. The molecule has 5 heteroatoms. The Morgan fingerprint density at radius 2 is 2.44 bits per heavy atom. The summed E-state index contributed by atoms with van der Waals surface area (Å²) in [6, 6.07) is 1.55. The molecule has 0 saturated heterocycles. The summed E-state index contributed by atoms with van der Waals surface area (Å²) in [4.78, 5) is 27.5. The van der Waals surface area contributed by atoms with Gasteiger partial charge in [0.15, 0.2) is 0 Å². The highest BCUT2D eigenvalue weighted by atomic mass is 16.5. The topological polar surface area (TPSA) is 61.2 Å². The molecule has 1 aliphatic heterocycles. The van der Waals surface area contributed by atoms with Gasteiger partial charge < -0.3 is 4.74 Å². The van der Waals surface area contributed by atoms with Crippen LogP contribution in [-0.4, -0.2) is 22.1 Å². The maximum absolute atomic E-state index is 11.8. The van der Waals surface area contributed by atoms with E-state index < -0.39 is 0 Å². The molecule has 1 aliphatic rings. The first kappa shape index (κ1) is 12.5. The third-order valence-corrected chi connectivity index (χ3v) is 3.02. The van der Waals surface area contributed by atoms with Crippen LogP contribution in [0.2, 0.25) is 0 Å². The van der Waals surface area contributed by atoms with E-state index in [0.717, 1.165) is 18.4 Å². The highest BCUT2D eigenvalue weighted by Gasteiger charge is 2.22. The molecule has 0 radical (unpaired) electrons. The van der Waals surface area contributed by atoms with Gasteiger partial charge in [0.2, 0.25) is 0 Å². The molecular weight excluding hydrogens is 232 g/mol. The number of hydrogen-bond donors (Lipinski definition) is 0. The standard InChI is InChI=1S/C13H16N2O3/c1-3-18-12(17)8-10-5-4-9(2)15-11(16)6-7-14-13(10)15/h6-9H,3-5H2,1-2H3/b10-8-/t9-/m1/s1. The van der Waals surface area contributed by atoms with E-state index in [1.54, 1.807) is 11.5 Å². The molecule has 18 heavy (non-hydrogen) atoms. The third kappa shape index (κ3) is 2.34. The van der Waals surface area contributed by atoms with Crippen LogP contribution in [0.1, 0.15) is 38.6 Å². The van der Waals surface area contributed by atoms with E-state index in [0.29, 0.717) is 12.4 Å². The summed E-state index contributed by atoms with van der Waals surface area (Å²) in [7, 11) is 0. The number of carbonyl (C=O) groups excluding carboxylic acids is 1. The van der Waals surface area contributed by atoms with Crippen molar-refractivity contribution in [1.29, 1.82) is 0 Å². The van der Waals surface area contributed by atoms with E-state index in [1.165, 1.54) is 18.3 Å². The zero-order valence-corrected chi connectivity index (χ0v) is 10.5. The van der Waals surface area contributed by atoms with Crippen molar-refractivity contribution >= 4 is 11.5 Å². The van der Waals surface area contributed by atoms with Crippen LogP contribution in [0.15, 0.2) is 23.1 Å². The van der Waals surface area contributed by atoms with Crippen LogP contribution in [0, 0.1) is 0 Å². The molecule has 0 N–H and O–H groups in total. The number of aromatic nitrogens is 2. The van der Waals surface area contributed by atoms with Crippen molar-refractivity contribution in [3.63, 3.8) is 0 Å². The Hall–Kier alpha value is -1.91. The number of hydrogen-bond acceptors (Lipinski definition) is 4. The fourth-order valence-electron chi connectivity index (χ4n) is 2.15. The largest absolute Gasteiger partial charge is 0.463 e. The lowest BCUT2D eigenvalue weighted by molar-refractivity contribution is -0.137. The van der Waals surface area contributed by atoms with Gasteiger partial charge in [-0.15, -0.1) is 0 Å².